The number of amides is 2. The van der Waals surface area contributed by atoms with E-state index >= 15 is 0 Å². The normalized spacial score (nSPS) is 10.7. The van der Waals surface area contributed by atoms with Gasteiger partial charge in [-0.15, -0.1) is 0 Å². The minimum atomic E-state index is -3.57. The molecule has 0 heterocycles. The molecule has 0 aromatic heterocycles. The van der Waals surface area contributed by atoms with Gasteiger partial charge in [-0.05, 0) is 23.8 Å². The average Bonchev–Trinajstić information content (AvgIpc) is 2.64. The van der Waals surface area contributed by atoms with Crippen LogP contribution in [-0.2, 0) is 16.6 Å². The summed E-state index contributed by atoms with van der Waals surface area (Å²) < 4.78 is 25.8. The molecule has 0 unspecified atom stereocenters. The van der Waals surface area contributed by atoms with Crippen LogP contribution in [0.3, 0.4) is 0 Å². The van der Waals surface area contributed by atoms with Crippen LogP contribution in [0.15, 0.2) is 59.5 Å². The van der Waals surface area contributed by atoms with Crippen molar-refractivity contribution in [3.05, 3.63) is 65.7 Å². The molecule has 2 N–H and O–H groups in total. The molecule has 26 heavy (non-hydrogen) atoms. The smallest absolute Gasteiger partial charge is 0.315 e. The van der Waals surface area contributed by atoms with Crippen LogP contribution in [0.5, 0.6) is 0 Å². The van der Waals surface area contributed by atoms with Crippen LogP contribution < -0.4 is 10.6 Å². The highest BCUT2D eigenvalue weighted by atomic mass is 32.2. The van der Waals surface area contributed by atoms with E-state index in [0.29, 0.717) is 5.56 Å². The SMILES string of the molecule is CN(C)S(=O)(=O)c1ccccc1CNC(=O)NCC#Cc1ccccc1. The van der Waals surface area contributed by atoms with Crippen molar-refractivity contribution in [3.63, 3.8) is 0 Å². The predicted octanol–water partition coefficient (Wildman–Crippen LogP) is 1.79. The van der Waals surface area contributed by atoms with Crippen molar-refractivity contribution in [1.29, 1.82) is 0 Å². The molecule has 2 rings (SSSR count). The van der Waals surface area contributed by atoms with Gasteiger partial charge in [0.1, 0.15) is 0 Å². The number of nitrogens with zero attached hydrogens (tertiary/aromatic N) is 1. The molecule has 0 spiro atoms. The summed E-state index contributed by atoms with van der Waals surface area (Å²) >= 11 is 0. The Bertz CT molecular complexity index is 914. The standard InChI is InChI=1S/C19H21N3O3S/c1-22(2)26(24,25)18-13-7-6-12-17(18)15-21-19(23)20-14-8-11-16-9-4-3-5-10-16/h3-7,9-10,12-13H,14-15H2,1-2H3,(H2,20,21,23). The fourth-order valence-electron chi connectivity index (χ4n) is 2.13. The van der Waals surface area contributed by atoms with Crippen LogP contribution in [0, 0.1) is 11.8 Å². The lowest BCUT2D eigenvalue weighted by Gasteiger charge is -2.15. The molecule has 6 nitrogen and oxygen atoms in total. The number of carbonyl (C=O) groups is 1. The lowest BCUT2D eigenvalue weighted by molar-refractivity contribution is 0.241. The first-order chi connectivity index (χ1) is 12.4. The zero-order valence-corrected chi connectivity index (χ0v) is 15.5. The van der Waals surface area contributed by atoms with Crippen LogP contribution in [-0.4, -0.2) is 39.4 Å². The molecule has 0 bridgehead atoms. The van der Waals surface area contributed by atoms with Gasteiger partial charge in [0.25, 0.3) is 0 Å². The van der Waals surface area contributed by atoms with Crippen LogP contribution in [0.4, 0.5) is 4.79 Å². The van der Waals surface area contributed by atoms with Crippen molar-refractivity contribution in [2.24, 2.45) is 0 Å². The zero-order chi connectivity index (χ0) is 19.0. The van der Waals surface area contributed by atoms with Crippen LogP contribution in [0.2, 0.25) is 0 Å². The average molecular weight is 371 g/mol. The lowest BCUT2D eigenvalue weighted by atomic mass is 10.2. The van der Waals surface area contributed by atoms with E-state index in [2.05, 4.69) is 22.5 Å². The zero-order valence-electron chi connectivity index (χ0n) is 14.7. The van der Waals surface area contributed by atoms with E-state index in [-0.39, 0.29) is 18.0 Å². The topological polar surface area (TPSA) is 78.5 Å². The fourth-order valence-corrected chi connectivity index (χ4v) is 3.24. The maximum atomic E-state index is 12.3. The van der Waals surface area contributed by atoms with Gasteiger partial charge < -0.3 is 10.6 Å². The molecule has 136 valence electrons. The number of urea groups is 1. The Hall–Kier alpha value is -2.82. The van der Waals surface area contributed by atoms with Crippen molar-refractivity contribution in [3.8, 4) is 11.8 Å². The molecular weight excluding hydrogens is 350 g/mol. The van der Waals surface area contributed by atoms with Gasteiger partial charge in [0.2, 0.25) is 10.0 Å². The Morgan fingerprint density at radius 2 is 1.65 bits per heavy atom. The quantitative estimate of drug-likeness (QED) is 0.787. The largest absolute Gasteiger partial charge is 0.334 e. The minimum Gasteiger partial charge on any atom is -0.334 e. The molecule has 2 aromatic rings. The van der Waals surface area contributed by atoms with Gasteiger partial charge in [-0.25, -0.2) is 17.5 Å². The molecule has 0 fully saturated rings. The van der Waals surface area contributed by atoms with Gasteiger partial charge in [-0.2, -0.15) is 0 Å². The van der Waals surface area contributed by atoms with Crippen molar-refractivity contribution in [2.75, 3.05) is 20.6 Å². The molecule has 0 saturated carbocycles. The highest BCUT2D eigenvalue weighted by Crippen LogP contribution is 2.18. The molecule has 0 aliphatic rings. The van der Waals surface area contributed by atoms with Crippen LogP contribution in [0.25, 0.3) is 0 Å². The summed E-state index contributed by atoms with van der Waals surface area (Å²) in [4.78, 5) is 12.0. The third kappa shape index (κ3) is 5.34. The second kappa shape index (κ2) is 9.04. The van der Waals surface area contributed by atoms with Gasteiger partial charge >= 0.3 is 6.03 Å². The van der Waals surface area contributed by atoms with E-state index in [4.69, 9.17) is 0 Å². The first-order valence-electron chi connectivity index (χ1n) is 7.97. The monoisotopic (exact) mass is 371 g/mol. The molecule has 0 aliphatic heterocycles. The van der Waals surface area contributed by atoms with Gasteiger partial charge in [0.05, 0.1) is 11.4 Å². The van der Waals surface area contributed by atoms with E-state index in [1.54, 1.807) is 18.2 Å². The third-order valence-corrected chi connectivity index (χ3v) is 5.43. The second-order valence-corrected chi connectivity index (χ2v) is 7.72. The summed E-state index contributed by atoms with van der Waals surface area (Å²) in [7, 11) is -0.628. The predicted molar refractivity (Wildman–Crippen MR) is 101 cm³/mol. The van der Waals surface area contributed by atoms with Crippen LogP contribution in [0.1, 0.15) is 11.1 Å². The fraction of sp³-hybridized carbons (Fsp3) is 0.211. The lowest BCUT2D eigenvalue weighted by Crippen LogP contribution is -2.35. The molecular formula is C19H21N3O3S. The molecule has 7 heteroatoms. The number of hydrogen-bond donors (Lipinski definition) is 2. The van der Waals surface area contributed by atoms with E-state index in [1.807, 2.05) is 30.3 Å². The first-order valence-corrected chi connectivity index (χ1v) is 9.41. The molecule has 2 aromatic carbocycles. The highest BCUT2D eigenvalue weighted by molar-refractivity contribution is 7.89. The van der Waals surface area contributed by atoms with Gasteiger partial charge in [0.15, 0.2) is 0 Å². The highest BCUT2D eigenvalue weighted by Gasteiger charge is 2.20. The van der Waals surface area contributed by atoms with Crippen LogP contribution >= 0.6 is 0 Å². The molecule has 0 radical (unpaired) electrons. The van der Waals surface area contributed by atoms with E-state index in [0.717, 1.165) is 9.87 Å². The van der Waals surface area contributed by atoms with Gasteiger partial charge in [0, 0.05) is 26.2 Å². The summed E-state index contributed by atoms with van der Waals surface area (Å²) in [5, 5.41) is 5.27. The number of nitrogens with one attached hydrogen (secondary N) is 2. The van der Waals surface area contributed by atoms with E-state index in [1.165, 1.54) is 20.2 Å². The van der Waals surface area contributed by atoms with E-state index < -0.39 is 16.1 Å². The Balaban J connectivity index is 1.91. The van der Waals surface area contributed by atoms with Crippen molar-refractivity contribution < 1.29 is 13.2 Å². The van der Waals surface area contributed by atoms with E-state index in [9.17, 15) is 13.2 Å². The Kier molecular flexibility index (Phi) is 6.78. The molecule has 0 aliphatic carbocycles. The Labute approximate surface area is 154 Å². The molecule has 2 amide bonds. The number of hydrogen-bond acceptors (Lipinski definition) is 3. The van der Waals surface area contributed by atoms with Crippen molar-refractivity contribution in [2.45, 2.75) is 11.4 Å². The van der Waals surface area contributed by atoms with Gasteiger partial charge in [-0.3, -0.25) is 0 Å². The molecule has 0 saturated heterocycles. The summed E-state index contributed by atoms with van der Waals surface area (Å²) in [6.07, 6.45) is 0. The molecule has 0 atom stereocenters. The second-order valence-electron chi connectivity index (χ2n) is 5.60. The Morgan fingerprint density at radius 3 is 2.35 bits per heavy atom. The summed E-state index contributed by atoms with van der Waals surface area (Å²) in [5.41, 5.74) is 1.39. The number of carbonyl (C=O) groups excluding carboxylic acids is 1. The van der Waals surface area contributed by atoms with Crippen molar-refractivity contribution >= 4 is 16.1 Å². The number of rotatable bonds is 5. The Morgan fingerprint density at radius 1 is 1.00 bits per heavy atom. The summed E-state index contributed by atoms with van der Waals surface area (Å²) in [6.45, 7) is 0.291. The number of sulfonamides is 1. The summed E-state index contributed by atoms with van der Waals surface area (Å²) in [6, 6.07) is 15.6. The van der Waals surface area contributed by atoms with Crippen molar-refractivity contribution in [1.82, 2.24) is 14.9 Å². The maximum absolute atomic E-state index is 12.3. The van der Waals surface area contributed by atoms with Gasteiger partial charge in [-0.1, -0.05) is 48.2 Å². The summed E-state index contributed by atoms with van der Waals surface area (Å²) in [5.74, 6) is 5.79. The first kappa shape index (κ1) is 19.5. The maximum Gasteiger partial charge on any atom is 0.315 e. The number of benzene rings is 2. The minimum absolute atomic E-state index is 0.0984. The third-order valence-electron chi connectivity index (χ3n) is 3.51.